The molecule has 3 amide bonds. The third kappa shape index (κ3) is 8.07. The van der Waals surface area contributed by atoms with Crippen molar-refractivity contribution in [3.63, 3.8) is 0 Å². The molecule has 0 saturated heterocycles. The summed E-state index contributed by atoms with van der Waals surface area (Å²) in [5.74, 6) is -5.71. The molecular weight excluding hydrogens is 507 g/mol. The van der Waals surface area contributed by atoms with Gasteiger partial charge in [0.25, 0.3) is 5.91 Å². The SMILES string of the molecule is COC(=O)NC(C(=O)NCC(C)Sc1cc(C(=O)Nc2cc(F)c(F)c(F)c2)ccc1Cl)C(C)C. The van der Waals surface area contributed by atoms with Gasteiger partial charge in [-0.15, -0.1) is 11.8 Å². The van der Waals surface area contributed by atoms with Crippen LogP contribution in [0.4, 0.5) is 23.7 Å². The number of alkyl carbamates (subject to hydrolysis) is 1. The third-order valence-corrected chi connectivity index (χ3v) is 6.34. The summed E-state index contributed by atoms with van der Waals surface area (Å²) >= 11 is 7.54. The van der Waals surface area contributed by atoms with Gasteiger partial charge in [-0.3, -0.25) is 9.59 Å². The summed E-state index contributed by atoms with van der Waals surface area (Å²) in [5.41, 5.74) is -0.0904. The monoisotopic (exact) mass is 531 g/mol. The lowest BCUT2D eigenvalue weighted by Gasteiger charge is -2.22. The van der Waals surface area contributed by atoms with Crippen molar-refractivity contribution in [3.8, 4) is 0 Å². The lowest BCUT2D eigenvalue weighted by atomic mass is 10.0. The molecule has 3 N–H and O–H groups in total. The summed E-state index contributed by atoms with van der Waals surface area (Å²) < 4.78 is 44.5. The van der Waals surface area contributed by atoms with Crippen LogP contribution in [0.25, 0.3) is 0 Å². The van der Waals surface area contributed by atoms with Crippen molar-refractivity contribution in [1.82, 2.24) is 10.6 Å². The average molecular weight is 532 g/mol. The van der Waals surface area contributed by atoms with E-state index in [-0.39, 0.29) is 34.9 Å². The van der Waals surface area contributed by atoms with Gasteiger partial charge in [0.15, 0.2) is 17.5 Å². The van der Waals surface area contributed by atoms with Crippen LogP contribution in [-0.2, 0) is 9.53 Å². The van der Waals surface area contributed by atoms with Crippen molar-refractivity contribution in [3.05, 3.63) is 58.4 Å². The fourth-order valence-electron chi connectivity index (χ4n) is 2.90. The normalized spacial score (nSPS) is 12.6. The maximum Gasteiger partial charge on any atom is 0.407 e. The Morgan fingerprint density at radius 3 is 2.26 bits per heavy atom. The van der Waals surface area contributed by atoms with Gasteiger partial charge in [0.1, 0.15) is 6.04 Å². The molecule has 35 heavy (non-hydrogen) atoms. The number of anilines is 1. The molecule has 0 saturated carbocycles. The molecule has 0 spiro atoms. The summed E-state index contributed by atoms with van der Waals surface area (Å²) in [7, 11) is 1.21. The van der Waals surface area contributed by atoms with Gasteiger partial charge >= 0.3 is 6.09 Å². The van der Waals surface area contributed by atoms with Crippen LogP contribution in [0, 0.1) is 23.4 Å². The second-order valence-corrected chi connectivity index (χ2v) is 9.77. The highest BCUT2D eigenvalue weighted by Crippen LogP contribution is 2.31. The Hall–Kier alpha value is -2.92. The van der Waals surface area contributed by atoms with E-state index in [1.54, 1.807) is 13.8 Å². The molecule has 12 heteroatoms. The minimum atomic E-state index is -1.63. The number of halogens is 4. The molecular formula is C23H25ClF3N3O4S. The first-order valence-electron chi connectivity index (χ1n) is 10.5. The van der Waals surface area contributed by atoms with E-state index in [2.05, 4.69) is 20.7 Å². The number of carbonyl (C=O) groups is 3. The molecule has 0 bridgehead atoms. The summed E-state index contributed by atoms with van der Waals surface area (Å²) in [6, 6.07) is 4.97. The van der Waals surface area contributed by atoms with Crippen molar-refractivity contribution < 1.29 is 32.3 Å². The summed E-state index contributed by atoms with van der Waals surface area (Å²) in [4.78, 5) is 37.0. The highest BCUT2D eigenvalue weighted by molar-refractivity contribution is 8.00. The lowest BCUT2D eigenvalue weighted by molar-refractivity contribution is -0.124. The van der Waals surface area contributed by atoms with Crippen LogP contribution in [0.2, 0.25) is 5.02 Å². The number of methoxy groups -OCH3 is 1. The van der Waals surface area contributed by atoms with Gasteiger partial charge in [-0.1, -0.05) is 32.4 Å². The Bertz CT molecular complexity index is 1080. The highest BCUT2D eigenvalue weighted by Gasteiger charge is 2.25. The van der Waals surface area contributed by atoms with Gasteiger partial charge in [0.2, 0.25) is 5.91 Å². The Balaban J connectivity index is 2.04. The number of benzene rings is 2. The number of carbonyl (C=O) groups excluding carboxylic acids is 3. The first kappa shape index (κ1) is 28.3. The van der Waals surface area contributed by atoms with Gasteiger partial charge in [-0.05, 0) is 24.1 Å². The number of ether oxygens (including phenoxy) is 1. The minimum absolute atomic E-state index is 0.153. The van der Waals surface area contributed by atoms with Crippen LogP contribution in [0.1, 0.15) is 31.1 Å². The second kappa shape index (κ2) is 12.7. The second-order valence-electron chi connectivity index (χ2n) is 7.88. The number of hydrogen-bond acceptors (Lipinski definition) is 5. The molecule has 0 radical (unpaired) electrons. The van der Waals surface area contributed by atoms with E-state index in [4.69, 9.17) is 11.6 Å². The third-order valence-electron chi connectivity index (χ3n) is 4.73. The first-order valence-corrected chi connectivity index (χ1v) is 11.7. The molecule has 190 valence electrons. The van der Waals surface area contributed by atoms with Crippen LogP contribution in [0.5, 0.6) is 0 Å². The molecule has 0 heterocycles. The van der Waals surface area contributed by atoms with Gasteiger partial charge in [0.05, 0.1) is 12.1 Å². The predicted molar refractivity (Wildman–Crippen MR) is 128 cm³/mol. The standard InChI is InChI=1S/C23H25ClF3N3O4S/c1-11(2)20(30-23(33)34-4)22(32)28-10-12(3)35-18-7-13(5-6-15(18)24)21(31)29-14-8-16(25)19(27)17(26)9-14/h5-9,11-12,20H,10H2,1-4H3,(H,28,32)(H,29,31)(H,30,33). The highest BCUT2D eigenvalue weighted by atomic mass is 35.5. The number of amides is 3. The van der Waals surface area contributed by atoms with Gasteiger partial charge < -0.3 is 20.7 Å². The smallest absolute Gasteiger partial charge is 0.407 e. The topological polar surface area (TPSA) is 96.5 Å². The Kier molecular flexibility index (Phi) is 10.3. The quantitative estimate of drug-likeness (QED) is 0.313. The van der Waals surface area contributed by atoms with Crippen LogP contribution in [-0.4, -0.2) is 42.9 Å². The van der Waals surface area contributed by atoms with Gasteiger partial charge in [-0.25, -0.2) is 18.0 Å². The van der Waals surface area contributed by atoms with Gasteiger partial charge in [0, 0.05) is 40.1 Å². The zero-order valence-corrected chi connectivity index (χ0v) is 21.0. The number of hydrogen-bond donors (Lipinski definition) is 3. The van der Waals surface area contributed by atoms with Crippen molar-refractivity contribution in [2.45, 2.75) is 37.0 Å². The maximum atomic E-state index is 13.4. The van der Waals surface area contributed by atoms with E-state index in [1.165, 1.54) is 37.1 Å². The van der Waals surface area contributed by atoms with Crippen LogP contribution in [0.3, 0.4) is 0 Å². The average Bonchev–Trinajstić information content (AvgIpc) is 2.80. The minimum Gasteiger partial charge on any atom is -0.453 e. The molecule has 2 atom stereocenters. The Morgan fingerprint density at radius 2 is 1.69 bits per heavy atom. The fourth-order valence-corrected chi connectivity index (χ4v) is 4.13. The lowest BCUT2D eigenvalue weighted by Crippen LogP contribution is -2.50. The van der Waals surface area contributed by atoms with Crippen LogP contribution in [0.15, 0.2) is 35.2 Å². The molecule has 0 aliphatic heterocycles. The zero-order chi connectivity index (χ0) is 26.3. The molecule has 7 nitrogen and oxygen atoms in total. The number of thioether (sulfide) groups is 1. The summed E-state index contributed by atoms with van der Waals surface area (Å²) in [6.07, 6.45) is -0.714. The van der Waals surface area contributed by atoms with Crippen molar-refractivity contribution in [2.75, 3.05) is 19.0 Å². The number of rotatable bonds is 9. The Morgan fingerprint density at radius 1 is 1.06 bits per heavy atom. The van der Waals surface area contributed by atoms with E-state index in [1.807, 2.05) is 6.92 Å². The van der Waals surface area contributed by atoms with E-state index < -0.39 is 35.5 Å². The van der Waals surface area contributed by atoms with Crippen molar-refractivity contribution in [1.29, 1.82) is 0 Å². The molecule has 2 aromatic carbocycles. The van der Waals surface area contributed by atoms with E-state index >= 15 is 0 Å². The summed E-state index contributed by atoms with van der Waals surface area (Å²) in [5, 5.41) is 7.74. The molecule has 0 aliphatic carbocycles. The molecule has 2 aromatic rings. The Labute approximate surface area is 210 Å². The predicted octanol–water partition coefficient (Wildman–Crippen LogP) is 4.99. The van der Waals surface area contributed by atoms with E-state index in [0.717, 1.165) is 0 Å². The largest absolute Gasteiger partial charge is 0.453 e. The molecule has 2 unspecified atom stereocenters. The first-order chi connectivity index (χ1) is 16.4. The van der Waals surface area contributed by atoms with Crippen molar-refractivity contribution in [2.24, 2.45) is 5.92 Å². The van der Waals surface area contributed by atoms with Crippen molar-refractivity contribution >= 4 is 47.0 Å². The van der Waals surface area contributed by atoms with E-state index in [9.17, 15) is 27.6 Å². The van der Waals surface area contributed by atoms with E-state index in [0.29, 0.717) is 22.1 Å². The van der Waals surface area contributed by atoms with Crippen LogP contribution >= 0.6 is 23.4 Å². The molecule has 0 aromatic heterocycles. The van der Waals surface area contributed by atoms with Gasteiger partial charge in [-0.2, -0.15) is 0 Å². The molecule has 0 aliphatic rings. The zero-order valence-electron chi connectivity index (χ0n) is 19.4. The maximum absolute atomic E-state index is 13.4. The number of nitrogens with one attached hydrogen (secondary N) is 3. The molecule has 0 fully saturated rings. The fraction of sp³-hybridized carbons (Fsp3) is 0.348. The molecule has 2 rings (SSSR count). The summed E-state index contributed by atoms with van der Waals surface area (Å²) in [6.45, 7) is 5.62. The van der Waals surface area contributed by atoms with Crippen LogP contribution < -0.4 is 16.0 Å².